The summed E-state index contributed by atoms with van der Waals surface area (Å²) in [6.07, 6.45) is 6.45. The lowest BCUT2D eigenvalue weighted by molar-refractivity contribution is 0.0959. The molecule has 0 radical (unpaired) electrons. The summed E-state index contributed by atoms with van der Waals surface area (Å²) in [4.78, 5) is 17.8. The Kier molecular flexibility index (Phi) is 3.65. The number of fused-ring (bicyclic) bond motifs is 1. The Labute approximate surface area is 113 Å². The lowest BCUT2D eigenvalue weighted by atomic mass is 10.1. The highest BCUT2D eigenvalue weighted by molar-refractivity contribution is 5.99. The second-order valence-corrected chi connectivity index (χ2v) is 5.36. The largest absolute Gasteiger partial charge is 0.361 e. The number of Topliss-reactive ketones (excluding diaryl/α,β-unsaturated/α-hetero) is 1. The smallest absolute Gasteiger partial charge is 0.164 e. The molecule has 0 amide bonds. The van der Waals surface area contributed by atoms with Gasteiger partial charge in [0.1, 0.15) is 0 Å². The van der Waals surface area contributed by atoms with Crippen molar-refractivity contribution in [1.29, 1.82) is 0 Å². The molecule has 3 rings (SSSR count). The van der Waals surface area contributed by atoms with Crippen LogP contribution in [-0.4, -0.2) is 35.3 Å². The van der Waals surface area contributed by atoms with Crippen LogP contribution in [0, 0.1) is 0 Å². The van der Waals surface area contributed by atoms with Gasteiger partial charge in [0.25, 0.3) is 0 Å². The highest BCUT2D eigenvalue weighted by atomic mass is 16.1. The third kappa shape index (κ3) is 2.87. The fourth-order valence-corrected chi connectivity index (χ4v) is 2.81. The first-order valence-electron chi connectivity index (χ1n) is 7.16. The van der Waals surface area contributed by atoms with Gasteiger partial charge in [-0.3, -0.25) is 4.79 Å². The van der Waals surface area contributed by atoms with E-state index < -0.39 is 0 Å². The number of carbonyl (C=O) groups excluding carboxylic acids is 1. The number of benzene rings is 1. The number of rotatable bonds is 4. The molecule has 1 aromatic carbocycles. The van der Waals surface area contributed by atoms with E-state index in [1.54, 1.807) is 0 Å². The third-order valence-corrected chi connectivity index (χ3v) is 3.98. The Morgan fingerprint density at radius 2 is 2.00 bits per heavy atom. The summed E-state index contributed by atoms with van der Waals surface area (Å²) in [6, 6.07) is 7.92. The van der Waals surface area contributed by atoms with Gasteiger partial charge in [-0.25, -0.2) is 0 Å². The van der Waals surface area contributed by atoms with E-state index in [-0.39, 0.29) is 5.78 Å². The summed E-state index contributed by atoms with van der Waals surface area (Å²) in [6.45, 7) is 3.22. The summed E-state index contributed by atoms with van der Waals surface area (Å²) < 4.78 is 0. The van der Waals surface area contributed by atoms with Crippen LogP contribution >= 0.6 is 0 Å². The molecular formula is C16H20N2O. The zero-order valence-electron chi connectivity index (χ0n) is 11.2. The first kappa shape index (κ1) is 12.4. The van der Waals surface area contributed by atoms with Crippen LogP contribution < -0.4 is 0 Å². The van der Waals surface area contributed by atoms with Crippen LogP contribution in [-0.2, 0) is 0 Å². The molecule has 0 bridgehead atoms. The Bertz CT molecular complexity index is 567. The van der Waals surface area contributed by atoms with Gasteiger partial charge in [-0.2, -0.15) is 0 Å². The van der Waals surface area contributed by atoms with Crippen LogP contribution in [0.5, 0.6) is 0 Å². The Morgan fingerprint density at radius 1 is 1.16 bits per heavy atom. The minimum atomic E-state index is 0.258. The quantitative estimate of drug-likeness (QED) is 0.853. The average Bonchev–Trinajstić information content (AvgIpc) is 2.93. The maximum absolute atomic E-state index is 12.2. The van der Waals surface area contributed by atoms with Crippen molar-refractivity contribution in [2.24, 2.45) is 0 Å². The second kappa shape index (κ2) is 5.57. The minimum absolute atomic E-state index is 0.258. The van der Waals surface area contributed by atoms with Gasteiger partial charge in [0.2, 0.25) is 0 Å². The van der Waals surface area contributed by atoms with E-state index in [0.717, 1.165) is 36.1 Å². The molecule has 0 aliphatic carbocycles. The fourth-order valence-electron chi connectivity index (χ4n) is 2.81. The van der Waals surface area contributed by atoms with Crippen molar-refractivity contribution in [3.05, 3.63) is 36.0 Å². The summed E-state index contributed by atoms with van der Waals surface area (Å²) in [5, 5.41) is 1.11. The number of aromatic amines is 1. The third-order valence-electron chi connectivity index (χ3n) is 3.98. The van der Waals surface area contributed by atoms with Gasteiger partial charge in [0.15, 0.2) is 5.78 Å². The van der Waals surface area contributed by atoms with E-state index in [4.69, 9.17) is 0 Å². The number of likely N-dealkylation sites (tertiary alicyclic amines) is 1. The van der Waals surface area contributed by atoms with Gasteiger partial charge < -0.3 is 9.88 Å². The molecule has 0 saturated carbocycles. The molecule has 1 N–H and O–H groups in total. The van der Waals surface area contributed by atoms with E-state index in [1.165, 1.54) is 19.3 Å². The maximum Gasteiger partial charge on any atom is 0.164 e. The molecule has 100 valence electrons. The Balaban J connectivity index is 1.62. The highest BCUT2D eigenvalue weighted by Crippen LogP contribution is 2.16. The van der Waals surface area contributed by atoms with E-state index in [9.17, 15) is 4.79 Å². The number of H-pyrrole nitrogens is 1. The fraction of sp³-hybridized carbons (Fsp3) is 0.438. The maximum atomic E-state index is 12.2. The van der Waals surface area contributed by atoms with Crippen molar-refractivity contribution in [2.75, 3.05) is 19.6 Å². The second-order valence-electron chi connectivity index (χ2n) is 5.36. The van der Waals surface area contributed by atoms with Crippen molar-refractivity contribution < 1.29 is 4.79 Å². The van der Waals surface area contributed by atoms with Gasteiger partial charge in [-0.15, -0.1) is 0 Å². The summed E-state index contributed by atoms with van der Waals surface area (Å²) in [7, 11) is 0. The molecule has 0 spiro atoms. The number of hydrogen-bond donors (Lipinski definition) is 1. The number of nitrogens with zero attached hydrogens (tertiary/aromatic N) is 1. The first-order valence-corrected chi connectivity index (χ1v) is 7.16. The molecule has 0 unspecified atom stereocenters. The van der Waals surface area contributed by atoms with Gasteiger partial charge >= 0.3 is 0 Å². The van der Waals surface area contributed by atoms with Crippen LogP contribution in [0.1, 0.15) is 36.0 Å². The summed E-state index contributed by atoms with van der Waals surface area (Å²) in [5.41, 5.74) is 1.93. The standard InChI is InChI=1S/C16H20N2O/c19-16(7-11-18-9-2-1-3-10-18)14-4-5-15-13(12-14)6-8-17-15/h4-6,8,12,17H,1-3,7,9-11H2. The first-order chi connectivity index (χ1) is 9.33. The molecular weight excluding hydrogens is 236 g/mol. The number of ketones is 1. The monoisotopic (exact) mass is 256 g/mol. The molecule has 1 aliphatic rings. The zero-order valence-corrected chi connectivity index (χ0v) is 11.2. The molecule has 2 aromatic rings. The Hall–Kier alpha value is -1.61. The molecule has 3 heteroatoms. The molecule has 3 nitrogen and oxygen atoms in total. The van der Waals surface area contributed by atoms with Crippen molar-refractivity contribution in [2.45, 2.75) is 25.7 Å². The summed E-state index contributed by atoms with van der Waals surface area (Å²) >= 11 is 0. The van der Waals surface area contributed by atoms with Crippen LogP contribution in [0.4, 0.5) is 0 Å². The number of aromatic nitrogens is 1. The SMILES string of the molecule is O=C(CCN1CCCCC1)c1ccc2[nH]ccc2c1. The molecule has 1 saturated heterocycles. The van der Waals surface area contributed by atoms with Crippen LogP contribution in [0.2, 0.25) is 0 Å². The van der Waals surface area contributed by atoms with Gasteiger partial charge in [-0.1, -0.05) is 6.42 Å². The topological polar surface area (TPSA) is 36.1 Å². The molecule has 1 aliphatic heterocycles. The van der Waals surface area contributed by atoms with E-state index in [1.807, 2.05) is 30.5 Å². The Morgan fingerprint density at radius 3 is 2.84 bits per heavy atom. The van der Waals surface area contributed by atoms with Gasteiger partial charge in [0, 0.05) is 35.6 Å². The molecule has 19 heavy (non-hydrogen) atoms. The molecule has 2 heterocycles. The molecule has 0 atom stereocenters. The van der Waals surface area contributed by atoms with Crippen LogP contribution in [0.3, 0.4) is 0 Å². The van der Waals surface area contributed by atoms with Gasteiger partial charge in [-0.05, 0) is 50.2 Å². The van der Waals surface area contributed by atoms with Crippen LogP contribution in [0.25, 0.3) is 10.9 Å². The predicted molar refractivity (Wildman–Crippen MR) is 77.5 cm³/mol. The van der Waals surface area contributed by atoms with Crippen molar-refractivity contribution >= 4 is 16.7 Å². The van der Waals surface area contributed by atoms with Crippen molar-refractivity contribution in [3.63, 3.8) is 0 Å². The number of carbonyl (C=O) groups is 1. The van der Waals surface area contributed by atoms with Gasteiger partial charge in [0.05, 0.1) is 0 Å². The zero-order chi connectivity index (χ0) is 13.1. The number of nitrogens with one attached hydrogen (secondary N) is 1. The lowest BCUT2D eigenvalue weighted by Crippen LogP contribution is -2.31. The average molecular weight is 256 g/mol. The highest BCUT2D eigenvalue weighted by Gasteiger charge is 2.13. The van der Waals surface area contributed by atoms with E-state index >= 15 is 0 Å². The summed E-state index contributed by atoms with van der Waals surface area (Å²) in [5.74, 6) is 0.258. The molecule has 1 aromatic heterocycles. The lowest BCUT2D eigenvalue weighted by Gasteiger charge is -2.25. The van der Waals surface area contributed by atoms with Crippen LogP contribution in [0.15, 0.2) is 30.5 Å². The molecule has 1 fully saturated rings. The number of piperidine rings is 1. The van der Waals surface area contributed by atoms with E-state index in [0.29, 0.717) is 6.42 Å². The van der Waals surface area contributed by atoms with Crippen molar-refractivity contribution in [3.8, 4) is 0 Å². The minimum Gasteiger partial charge on any atom is -0.361 e. The normalized spacial score (nSPS) is 16.8. The van der Waals surface area contributed by atoms with Crippen molar-refractivity contribution in [1.82, 2.24) is 9.88 Å². The number of hydrogen-bond acceptors (Lipinski definition) is 2. The predicted octanol–water partition coefficient (Wildman–Crippen LogP) is 3.23. The van der Waals surface area contributed by atoms with E-state index in [2.05, 4.69) is 9.88 Å².